The molecule has 11 heavy (non-hydrogen) atoms. The molecule has 1 fully saturated rings. The number of hydrogen-bond donors (Lipinski definition) is 1. The quantitative estimate of drug-likeness (QED) is 0.675. The summed E-state index contributed by atoms with van der Waals surface area (Å²) >= 11 is 0. The fourth-order valence-electron chi connectivity index (χ4n) is 1.54. The maximum absolute atomic E-state index is 9.59. The summed E-state index contributed by atoms with van der Waals surface area (Å²) in [5, 5.41) is 9.59. The Bertz CT molecular complexity index is 106. The van der Waals surface area contributed by atoms with E-state index in [0.29, 0.717) is 5.92 Å². The third-order valence-corrected chi connectivity index (χ3v) is 2.11. The second-order valence-corrected chi connectivity index (χ2v) is 3.75. The third-order valence-electron chi connectivity index (χ3n) is 2.11. The molecule has 1 heterocycles. The van der Waals surface area contributed by atoms with E-state index in [2.05, 4.69) is 13.8 Å². The van der Waals surface area contributed by atoms with Crippen LogP contribution in [0.5, 0.6) is 0 Å². The lowest BCUT2D eigenvalue weighted by molar-refractivity contribution is -0.0109. The zero-order valence-corrected chi connectivity index (χ0v) is 7.42. The average molecular weight is 158 g/mol. The van der Waals surface area contributed by atoms with Crippen LogP contribution in [0.3, 0.4) is 0 Å². The summed E-state index contributed by atoms with van der Waals surface area (Å²) < 4.78 is 5.37. The number of ether oxygens (including phenoxy) is 1. The van der Waals surface area contributed by atoms with Gasteiger partial charge in [-0.3, -0.25) is 0 Å². The molecule has 1 aliphatic rings. The van der Waals surface area contributed by atoms with Gasteiger partial charge >= 0.3 is 0 Å². The highest BCUT2D eigenvalue weighted by Gasteiger charge is 2.24. The van der Waals surface area contributed by atoms with Crippen molar-refractivity contribution in [1.82, 2.24) is 0 Å². The lowest BCUT2D eigenvalue weighted by Crippen LogP contribution is -2.26. The molecule has 2 heteroatoms. The SMILES string of the molecule is CC(C)CC(O)C1CCCO1. The van der Waals surface area contributed by atoms with Crippen molar-refractivity contribution in [3.05, 3.63) is 0 Å². The van der Waals surface area contributed by atoms with Gasteiger partial charge in [-0.25, -0.2) is 0 Å². The minimum atomic E-state index is -0.238. The maximum Gasteiger partial charge on any atom is 0.0834 e. The summed E-state index contributed by atoms with van der Waals surface area (Å²) in [7, 11) is 0. The monoisotopic (exact) mass is 158 g/mol. The molecule has 2 nitrogen and oxygen atoms in total. The lowest BCUT2D eigenvalue weighted by Gasteiger charge is -2.18. The van der Waals surface area contributed by atoms with E-state index in [4.69, 9.17) is 4.74 Å². The second kappa shape index (κ2) is 4.07. The molecule has 0 aliphatic carbocycles. The van der Waals surface area contributed by atoms with Gasteiger partial charge in [0, 0.05) is 6.61 Å². The molecule has 1 aliphatic heterocycles. The summed E-state index contributed by atoms with van der Waals surface area (Å²) in [5.74, 6) is 0.564. The van der Waals surface area contributed by atoms with Gasteiger partial charge in [-0.2, -0.15) is 0 Å². The summed E-state index contributed by atoms with van der Waals surface area (Å²) in [5.41, 5.74) is 0. The van der Waals surface area contributed by atoms with Gasteiger partial charge in [0.15, 0.2) is 0 Å². The predicted octanol–water partition coefficient (Wildman–Crippen LogP) is 1.57. The highest BCUT2D eigenvalue weighted by atomic mass is 16.5. The number of aliphatic hydroxyl groups excluding tert-OH is 1. The molecule has 66 valence electrons. The molecule has 2 unspecified atom stereocenters. The zero-order chi connectivity index (χ0) is 8.27. The second-order valence-electron chi connectivity index (χ2n) is 3.75. The first kappa shape index (κ1) is 9.01. The molecule has 0 aromatic rings. The van der Waals surface area contributed by atoms with Crippen molar-refractivity contribution in [3.63, 3.8) is 0 Å². The van der Waals surface area contributed by atoms with Crippen molar-refractivity contribution in [2.75, 3.05) is 6.61 Å². The van der Waals surface area contributed by atoms with E-state index in [1.54, 1.807) is 0 Å². The Labute approximate surface area is 68.6 Å². The van der Waals surface area contributed by atoms with E-state index in [9.17, 15) is 5.11 Å². The average Bonchev–Trinajstić information content (AvgIpc) is 2.35. The molecule has 1 N–H and O–H groups in total. The Hall–Kier alpha value is -0.0800. The summed E-state index contributed by atoms with van der Waals surface area (Å²) in [6, 6.07) is 0. The first-order valence-corrected chi connectivity index (χ1v) is 4.50. The van der Waals surface area contributed by atoms with Gasteiger partial charge in [0.2, 0.25) is 0 Å². The highest BCUT2D eigenvalue weighted by molar-refractivity contribution is 4.74. The molecule has 0 aromatic carbocycles. The van der Waals surface area contributed by atoms with Crippen LogP contribution in [0.2, 0.25) is 0 Å². The van der Waals surface area contributed by atoms with Crippen molar-refractivity contribution in [3.8, 4) is 0 Å². The van der Waals surface area contributed by atoms with Gasteiger partial charge in [0.25, 0.3) is 0 Å². The summed E-state index contributed by atoms with van der Waals surface area (Å²) in [4.78, 5) is 0. The molecule has 0 bridgehead atoms. The first-order valence-electron chi connectivity index (χ1n) is 4.50. The zero-order valence-electron chi connectivity index (χ0n) is 7.42. The summed E-state index contributed by atoms with van der Waals surface area (Å²) in [6.45, 7) is 5.08. The molecule has 1 saturated heterocycles. The minimum Gasteiger partial charge on any atom is -0.390 e. The van der Waals surface area contributed by atoms with E-state index in [0.717, 1.165) is 25.9 Å². The van der Waals surface area contributed by atoms with E-state index < -0.39 is 0 Å². The van der Waals surface area contributed by atoms with Gasteiger partial charge in [0.05, 0.1) is 12.2 Å². The Morgan fingerprint density at radius 2 is 2.27 bits per heavy atom. The Morgan fingerprint density at radius 1 is 1.55 bits per heavy atom. The van der Waals surface area contributed by atoms with Crippen LogP contribution in [0.15, 0.2) is 0 Å². The van der Waals surface area contributed by atoms with E-state index in [1.807, 2.05) is 0 Å². The van der Waals surface area contributed by atoms with Crippen LogP contribution in [-0.4, -0.2) is 23.9 Å². The molecular weight excluding hydrogens is 140 g/mol. The van der Waals surface area contributed by atoms with Crippen molar-refractivity contribution in [2.45, 2.75) is 45.3 Å². The van der Waals surface area contributed by atoms with Crippen LogP contribution in [-0.2, 0) is 4.74 Å². The van der Waals surface area contributed by atoms with E-state index in [1.165, 1.54) is 0 Å². The first-order chi connectivity index (χ1) is 5.20. The van der Waals surface area contributed by atoms with Gasteiger partial charge in [-0.15, -0.1) is 0 Å². The fourth-order valence-corrected chi connectivity index (χ4v) is 1.54. The Morgan fingerprint density at radius 3 is 2.73 bits per heavy atom. The van der Waals surface area contributed by atoms with Gasteiger partial charge in [-0.1, -0.05) is 13.8 Å². The molecule has 0 radical (unpaired) electrons. The standard InChI is InChI=1S/C9H18O2/c1-7(2)6-8(10)9-4-3-5-11-9/h7-10H,3-6H2,1-2H3. The predicted molar refractivity (Wildman–Crippen MR) is 44.4 cm³/mol. The van der Waals surface area contributed by atoms with Crippen LogP contribution < -0.4 is 0 Å². The fraction of sp³-hybridized carbons (Fsp3) is 1.00. The van der Waals surface area contributed by atoms with Crippen LogP contribution in [0.25, 0.3) is 0 Å². The number of rotatable bonds is 3. The molecule has 1 rings (SSSR count). The summed E-state index contributed by atoms with van der Waals surface area (Å²) in [6.07, 6.45) is 2.90. The van der Waals surface area contributed by atoms with Gasteiger partial charge in [0.1, 0.15) is 0 Å². The van der Waals surface area contributed by atoms with Gasteiger partial charge < -0.3 is 9.84 Å². The molecule has 2 atom stereocenters. The smallest absolute Gasteiger partial charge is 0.0834 e. The van der Waals surface area contributed by atoms with E-state index in [-0.39, 0.29) is 12.2 Å². The highest BCUT2D eigenvalue weighted by Crippen LogP contribution is 2.19. The van der Waals surface area contributed by atoms with Crippen LogP contribution in [0.4, 0.5) is 0 Å². The van der Waals surface area contributed by atoms with E-state index >= 15 is 0 Å². The van der Waals surface area contributed by atoms with Crippen molar-refractivity contribution < 1.29 is 9.84 Å². The third kappa shape index (κ3) is 2.80. The topological polar surface area (TPSA) is 29.5 Å². The van der Waals surface area contributed by atoms with Crippen LogP contribution >= 0.6 is 0 Å². The Kier molecular flexibility index (Phi) is 3.34. The van der Waals surface area contributed by atoms with Crippen LogP contribution in [0.1, 0.15) is 33.1 Å². The molecule has 0 spiro atoms. The molecule has 0 saturated carbocycles. The number of hydrogen-bond acceptors (Lipinski definition) is 2. The molecule has 0 aromatic heterocycles. The van der Waals surface area contributed by atoms with Crippen molar-refractivity contribution in [2.24, 2.45) is 5.92 Å². The van der Waals surface area contributed by atoms with Gasteiger partial charge in [-0.05, 0) is 25.2 Å². The molecule has 0 amide bonds. The molecular formula is C9H18O2. The number of aliphatic hydroxyl groups is 1. The lowest BCUT2D eigenvalue weighted by atomic mass is 10.0. The minimum absolute atomic E-state index is 0.123. The normalized spacial score (nSPS) is 27.8. The van der Waals surface area contributed by atoms with Crippen molar-refractivity contribution in [1.29, 1.82) is 0 Å². The largest absolute Gasteiger partial charge is 0.390 e. The maximum atomic E-state index is 9.59. The Balaban J connectivity index is 2.22. The van der Waals surface area contributed by atoms with Crippen LogP contribution in [0, 0.1) is 5.92 Å². The van der Waals surface area contributed by atoms with Crippen molar-refractivity contribution >= 4 is 0 Å².